The normalized spacial score (nSPS) is 11.3. The molecule has 0 bridgehead atoms. The minimum atomic E-state index is -2.94. The first kappa shape index (κ1) is 22.4. The SMILES string of the molecule is COc1cc(/C=C/C(=O)NCc2ccc(COC(C)C)cc2)ccc1OC(F)F. The summed E-state index contributed by atoms with van der Waals surface area (Å²) in [5, 5.41) is 2.79. The summed E-state index contributed by atoms with van der Waals surface area (Å²) < 4.78 is 39.7. The first-order chi connectivity index (χ1) is 13.9. The Morgan fingerprint density at radius 1 is 1.07 bits per heavy atom. The Morgan fingerprint density at radius 3 is 2.38 bits per heavy atom. The third-order valence-electron chi connectivity index (χ3n) is 3.90. The second-order valence-electron chi connectivity index (χ2n) is 6.52. The molecular formula is C22H25F2NO4. The van der Waals surface area contributed by atoms with E-state index in [4.69, 9.17) is 9.47 Å². The van der Waals surface area contributed by atoms with Crippen molar-refractivity contribution in [2.45, 2.75) is 39.7 Å². The zero-order valence-electron chi connectivity index (χ0n) is 16.7. The Hall–Kier alpha value is -2.93. The minimum absolute atomic E-state index is 0.0636. The number of ether oxygens (including phenoxy) is 3. The van der Waals surface area contributed by atoms with Gasteiger partial charge in [-0.25, -0.2) is 0 Å². The van der Waals surface area contributed by atoms with Crippen molar-refractivity contribution in [1.29, 1.82) is 0 Å². The fourth-order valence-electron chi connectivity index (χ4n) is 2.42. The van der Waals surface area contributed by atoms with Crippen LogP contribution in [0.4, 0.5) is 8.78 Å². The van der Waals surface area contributed by atoms with Crippen LogP contribution in [-0.4, -0.2) is 25.7 Å². The van der Waals surface area contributed by atoms with Crippen LogP contribution in [-0.2, 0) is 22.7 Å². The summed E-state index contributed by atoms with van der Waals surface area (Å²) in [7, 11) is 1.36. The van der Waals surface area contributed by atoms with Crippen LogP contribution in [0.25, 0.3) is 6.08 Å². The van der Waals surface area contributed by atoms with Gasteiger partial charge in [0.25, 0.3) is 0 Å². The molecule has 5 nitrogen and oxygen atoms in total. The predicted molar refractivity (Wildman–Crippen MR) is 107 cm³/mol. The lowest BCUT2D eigenvalue weighted by Crippen LogP contribution is -2.20. The molecular weight excluding hydrogens is 380 g/mol. The van der Waals surface area contributed by atoms with E-state index in [1.165, 1.54) is 25.3 Å². The van der Waals surface area contributed by atoms with E-state index in [-0.39, 0.29) is 23.5 Å². The molecule has 0 aliphatic carbocycles. The van der Waals surface area contributed by atoms with Gasteiger partial charge in [-0.05, 0) is 48.7 Å². The fourth-order valence-corrected chi connectivity index (χ4v) is 2.42. The molecule has 0 spiro atoms. The molecule has 0 saturated carbocycles. The van der Waals surface area contributed by atoms with E-state index in [1.54, 1.807) is 12.1 Å². The Kier molecular flexibility index (Phi) is 8.61. The molecule has 156 valence electrons. The Labute approximate surface area is 169 Å². The Balaban J connectivity index is 1.88. The van der Waals surface area contributed by atoms with Gasteiger partial charge in [-0.2, -0.15) is 8.78 Å². The van der Waals surface area contributed by atoms with E-state index >= 15 is 0 Å². The standard InChI is InChI=1S/C22H25F2NO4/c1-15(2)28-14-18-6-4-17(5-7-18)13-25-21(26)11-9-16-8-10-19(29-22(23)24)20(12-16)27-3/h4-12,15,22H,13-14H2,1-3H3,(H,25,26)/b11-9+. The van der Waals surface area contributed by atoms with Crippen LogP contribution >= 0.6 is 0 Å². The summed E-state index contributed by atoms with van der Waals surface area (Å²) in [5.41, 5.74) is 2.66. The molecule has 0 fully saturated rings. The molecule has 1 amide bonds. The molecule has 0 aliphatic rings. The van der Waals surface area contributed by atoms with E-state index in [0.29, 0.717) is 18.7 Å². The topological polar surface area (TPSA) is 56.8 Å². The molecule has 2 aromatic rings. The molecule has 0 heterocycles. The maximum atomic E-state index is 12.4. The molecule has 0 saturated heterocycles. The number of benzene rings is 2. The number of nitrogens with one attached hydrogen (secondary N) is 1. The fraction of sp³-hybridized carbons (Fsp3) is 0.318. The zero-order chi connectivity index (χ0) is 21.2. The number of hydrogen-bond acceptors (Lipinski definition) is 4. The number of amides is 1. The lowest BCUT2D eigenvalue weighted by molar-refractivity contribution is -0.116. The van der Waals surface area contributed by atoms with Crippen LogP contribution in [0.15, 0.2) is 48.5 Å². The number of alkyl halides is 2. The smallest absolute Gasteiger partial charge is 0.387 e. The van der Waals surface area contributed by atoms with Gasteiger partial charge in [0, 0.05) is 12.6 Å². The summed E-state index contributed by atoms with van der Waals surface area (Å²) in [6.45, 7) is 1.97. The van der Waals surface area contributed by atoms with Crippen molar-refractivity contribution < 1.29 is 27.8 Å². The average Bonchev–Trinajstić information content (AvgIpc) is 2.70. The van der Waals surface area contributed by atoms with Gasteiger partial charge in [0.05, 0.1) is 19.8 Å². The van der Waals surface area contributed by atoms with Gasteiger partial charge in [0.1, 0.15) is 0 Å². The van der Waals surface area contributed by atoms with E-state index in [1.807, 2.05) is 38.1 Å². The first-order valence-corrected chi connectivity index (χ1v) is 9.15. The van der Waals surface area contributed by atoms with Crippen molar-refractivity contribution in [2.24, 2.45) is 0 Å². The Morgan fingerprint density at radius 2 is 1.76 bits per heavy atom. The van der Waals surface area contributed by atoms with E-state index < -0.39 is 6.61 Å². The molecule has 0 atom stereocenters. The lowest BCUT2D eigenvalue weighted by atomic mass is 10.1. The number of methoxy groups -OCH3 is 1. The average molecular weight is 405 g/mol. The third-order valence-corrected chi connectivity index (χ3v) is 3.90. The van der Waals surface area contributed by atoms with Crippen molar-refractivity contribution in [2.75, 3.05) is 7.11 Å². The molecule has 0 aliphatic heterocycles. The highest BCUT2D eigenvalue weighted by Crippen LogP contribution is 2.29. The van der Waals surface area contributed by atoms with Crippen LogP contribution in [0.5, 0.6) is 11.5 Å². The van der Waals surface area contributed by atoms with Gasteiger partial charge < -0.3 is 19.5 Å². The van der Waals surface area contributed by atoms with Crippen molar-refractivity contribution in [1.82, 2.24) is 5.32 Å². The summed E-state index contributed by atoms with van der Waals surface area (Å²) >= 11 is 0. The van der Waals surface area contributed by atoms with E-state index in [0.717, 1.165) is 11.1 Å². The summed E-state index contributed by atoms with van der Waals surface area (Å²) in [5.74, 6) is -0.176. The minimum Gasteiger partial charge on any atom is -0.493 e. The van der Waals surface area contributed by atoms with Gasteiger partial charge >= 0.3 is 6.61 Å². The molecule has 2 aromatic carbocycles. The number of carbonyl (C=O) groups excluding carboxylic acids is 1. The maximum absolute atomic E-state index is 12.4. The van der Waals surface area contributed by atoms with Crippen LogP contribution in [0.1, 0.15) is 30.5 Å². The third kappa shape index (κ3) is 7.91. The van der Waals surface area contributed by atoms with E-state index in [9.17, 15) is 13.6 Å². The second kappa shape index (κ2) is 11.2. The van der Waals surface area contributed by atoms with Crippen LogP contribution < -0.4 is 14.8 Å². The van der Waals surface area contributed by atoms with Gasteiger partial charge in [-0.1, -0.05) is 30.3 Å². The summed E-state index contributed by atoms with van der Waals surface area (Å²) in [6.07, 6.45) is 3.11. The number of carbonyl (C=O) groups is 1. The highest BCUT2D eigenvalue weighted by Gasteiger charge is 2.10. The molecule has 7 heteroatoms. The number of hydrogen-bond donors (Lipinski definition) is 1. The van der Waals surface area contributed by atoms with Gasteiger partial charge in [0.2, 0.25) is 5.91 Å². The van der Waals surface area contributed by atoms with Crippen LogP contribution in [0.2, 0.25) is 0 Å². The zero-order valence-corrected chi connectivity index (χ0v) is 16.7. The first-order valence-electron chi connectivity index (χ1n) is 9.15. The van der Waals surface area contributed by atoms with Crippen molar-refractivity contribution >= 4 is 12.0 Å². The van der Waals surface area contributed by atoms with Crippen molar-refractivity contribution in [3.63, 3.8) is 0 Å². The Bertz CT molecular complexity index is 820. The van der Waals surface area contributed by atoms with Gasteiger partial charge in [0.15, 0.2) is 11.5 Å². The van der Waals surface area contributed by atoms with E-state index in [2.05, 4.69) is 10.1 Å². The quantitative estimate of drug-likeness (QED) is 0.589. The predicted octanol–water partition coefficient (Wildman–Crippen LogP) is 4.55. The molecule has 0 unspecified atom stereocenters. The van der Waals surface area contributed by atoms with Crippen molar-refractivity contribution in [3.05, 3.63) is 65.2 Å². The van der Waals surface area contributed by atoms with Gasteiger partial charge in [-0.15, -0.1) is 0 Å². The lowest BCUT2D eigenvalue weighted by Gasteiger charge is -2.10. The number of halogens is 2. The highest BCUT2D eigenvalue weighted by molar-refractivity contribution is 5.91. The monoisotopic (exact) mass is 405 g/mol. The molecule has 2 rings (SSSR count). The second-order valence-corrected chi connectivity index (χ2v) is 6.52. The van der Waals surface area contributed by atoms with Crippen molar-refractivity contribution in [3.8, 4) is 11.5 Å². The molecule has 0 aromatic heterocycles. The molecule has 1 N–H and O–H groups in total. The largest absolute Gasteiger partial charge is 0.493 e. The van der Waals surface area contributed by atoms with Crippen LogP contribution in [0.3, 0.4) is 0 Å². The number of rotatable bonds is 10. The van der Waals surface area contributed by atoms with Crippen LogP contribution in [0, 0.1) is 0 Å². The highest BCUT2D eigenvalue weighted by atomic mass is 19.3. The van der Waals surface area contributed by atoms with Gasteiger partial charge in [-0.3, -0.25) is 4.79 Å². The molecule has 0 radical (unpaired) electrons. The molecule has 29 heavy (non-hydrogen) atoms. The summed E-state index contributed by atoms with van der Waals surface area (Å²) in [4.78, 5) is 12.0. The summed E-state index contributed by atoms with van der Waals surface area (Å²) in [6, 6.07) is 12.3. The maximum Gasteiger partial charge on any atom is 0.387 e.